The Kier molecular flexibility index (Phi) is 4.43. The van der Waals surface area contributed by atoms with Gasteiger partial charge < -0.3 is 10.2 Å². The summed E-state index contributed by atoms with van der Waals surface area (Å²) in [7, 11) is 4.10. The average molecular weight is 320 g/mol. The molecule has 1 aromatic carbocycles. The highest BCUT2D eigenvalue weighted by Gasteiger charge is 2.02. The molecule has 2 aromatic rings. The highest BCUT2D eigenvalue weighted by atomic mass is 79.9. The number of hydrogen-bond donors (Lipinski definition) is 1. The van der Waals surface area contributed by atoms with E-state index < -0.39 is 0 Å². The summed E-state index contributed by atoms with van der Waals surface area (Å²) >= 11 is 3.38. The van der Waals surface area contributed by atoms with Gasteiger partial charge in [-0.3, -0.25) is 0 Å². The third-order valence-corrected chi connectivity index (χ3v) is 3.40. The van der Waals surface area contributed by atoms with E-state index in [0.717, 1.165) is 22.5 Å². The summed E-state index contributed by atoms with van der Waals surface area (Å²) in [4.78, 5) is 6.51. The molecular weight excluding hydrogens is 302 g/mol. The lowest BCUT2D eigenvalue weighted by Gasteiger charge is -2.16. The number of pyridine rings is 1. The van der Waals surface area contributed by atoms with Gasteiger partial charge in [0.25, 0.3) is 0 Å². The highest BCUT2D eigenvalue weighted by Crippen LogP contribution is 2.21. The molecule has 3 nitrogen and oxygen atoms in total. The van der Waals surface area contributed by atoms with Gasteiger partial charge in [0.05, 0.1) is 12.2 Å². The van der Waals surface area contributed by atoms with Crippen molar-refractivity contribution >= 4 is 27.3 Å². The van der Waals surface area contributed by atoms with Crippen molar-refractivity contribution in [3.63, 3.8) is 0 Å². The van der Waals surface area contributed by atoms with E-state index in [-0.39, 0.29) is 0 Å². The molecule has 0 aliphatic heterocycles. The lowest BCUT2D eigenvalue weighted by atomic mass is 10.1. The Morgan fingerprint density at radius 3 is 2.63 bits per heavy atom. The predicted molar refractivity (Wildman–Crippen MR) is 84.8 cm³/mol. The molecule has 1 aromatic heterocycles. The molecule has 4 heteroatoms. The Balaban J connectivity index is 2.07. The van der Waals surface area contributed by atoms with Gasteiger partial charge in [-0.1, -0.05) is 6.07 Å². The van der Waals surface area contributed by atoms with Crippen molar-refractivity contribution in [2.75, 3.05) is 24.3 Å². The molecule has 0 radical (unpaired) electrons. The van der Waals surface area contributed by atoms with Gasteiger partial charge in [-0.15, -0.1) is 0 Å². The van der Waals surface area contributed by atoms with Crippen molar-refractivity contribution in [3.8, 4) is 0 Å². The fraction of sp³-hybridized carbons (Fsp3) is 0.267. The van der Waals surface area contributed by atoms with Crippen LogP contribution in [0.4, 0.5) is 11.4 Å². The molecule has 19 heavy (non-hydrogen) atoms. The minimum Gasteiger partial charge on any atom is -0.379 e. The summed E-state index contributed by atoms with van der Waals surface area (Å²) in [6, 6.07) is 12.3. The summed E-state index contributed by atoms with van der Waals surface area (Å²) in [6.07, 6.45) is 0. The number of benzene rings is 1. The number of rotatable bonds is 4. The zero-order valence-electron chi connectivity index (χ0n) is 11.4. The Morgan fingerprint density at radius 1 is 1.21 bits per heavy atom. The number of halogens is 1. The van der Waals surface area contributed by atoms with E-state index in [4.69, 9.17) is 0 Å². The summed E-state index contributed by atoms with van der Waals surface area (Å²) in [5.74, 6) is 0. The molecule has 0 spiro atoms. The zero-order valence-corrected chi connectivity index (χ0v) is 13.0. The molecule has 0 amide bonds. The number of hydrogen-bond acceptors (Lipinski definition) is 3. The van der Waals surface area contributed by atoms with Crippen LogP contribution in [0.2, 0.25) is 0 Å². The predicted octanol–water partition coefficient (Wildman–Crippen LogP) is 3.83. The van der Waals surface area contributed by atoms with E-state index in [1.165, 1.54) is 11.3 Å². The van der Waals surface area contributed by atoms with Crippen LogP contribution in [0.1, 0.15) is 11.3 Å². The van der Waals surface area contributed by atoms with Gasteiger partial charge in [0.15, 0.2) is 0 Å². The topological polar surface area (TPSA) is 28.2 Å². The van der Waals surface area contributed by atoms with Crippen molar-refractivity contribution in [3.05, 3.63) is 52.3 Å². The first-order chi connectivity index (χ1) is 9.06. The minimum atomic E-state index is 0.724. The number of aromatic nitrogens is 1. The molecule has 1 heterocycles. The van der Waals surface area contributed by atoms with Crippen LogP contribution in [0.5, 0.6) is 0 Å². The molecule has 0 bridgehead atoms. The van der Waals surface area contributed by atoms with E-state index in [9.17, 15) is 0 Å². The maximum atomic E-state index is 4.41. The average Bonchev–Trinajstić information content (AvgIpc) is 2.37. The Morgan fingerprint density at radius 2 is 2.00 bits per heavy atom. The fourth-order valence-corrected chi connectivity index (χ4v) is 2.24. The standard InChI is InChI=1S/C15H18BrN3/c1-11-9-13(19(2)3)7-8-14(11)17-10-12-5-4-6-15(16)18-12/h4-9,17H,10H2,1-3H3. The second-order valence-corrected chi connectivity index (χ2v) is 5.51. The first kappa shape index (κ1) is 13.9. The third-order valence-electron chi connectivity index (χ3n) is 2.96. The molecule has 0 unspecified atom stereocenters. The van der Waals surface area contributed by atoms with Crippen molar-refractivity contribution < 1.29 is 0 Å². The number of nitrogens with one attached hydrogen (secondary N) is 1. The summed E-state index contributed by atoms with van der Waals surface area (Å²) in [5.41, 5.74) is 4.61. The van der Waals surface area contributed by atoms with Crippen molar-refractivity contribution in [1.29, 1.82) is 0 Å². The largest absolute Gasteiger partial charge is 0.379 e. The van der Waals surface area contributed by atoms with Gasteiger partial charge >= 0.3 is 0 Å². The molecule has 1 N–H and O–H groups in total. The molecule has 0 atom stereocenters. The molecule has 0 aliphatic rings. The molecular formula is C15H18BrN3. The van der Waals surface area contributed by atoms with E-state index in [1.54, 1.807) is 0 Å². The lowest BCUT2D eigenvalue weighted by molar-refractivity contribution is 1.03. The second-order valence-electron chi connectivity index (χ2n) is 4.70. The first-order valence-electron chi connectivity index (χ1n) is 6.19. The van der Waals surface area contributed by atoms with E-state index in [0.29, 0.717) is 0 Å². The number of aryl methyl sites for hydroxylation is 1. The maximum Gasteiger partial charge on any atom is 0.106 e. The van der Waals surface area contributed by atoms with Gasteiger partial charge in [-0.25, -0.2) is 4.98 Å². The lowest BCUT2D eigenvalue weighted by Crippen LogP contribution is -2.09. The van der Waals surface area contributed by atoms with Gasteiger partial charge in [0, 0.05) is 25.5 Å². The van der Waals surface area contributed by atoms with Crippen molar-refractivity contribution in [2.45, 2.75) is 13.5 Å². The van der Waals surface area contributed by atoms with Gasteiger partial charge in [0.1, 0.15) is 4.60 Å². The van der Waals surface area contributed by atoms with Crippen LogP contribution in [0.3, 0.4) is 0 Å². The highest BCUT2D eigenvalue weighted by molar-refractivity contribution is 9.10. The Bertz CT molecular complexity index is 567. The van der Waals surface area contributed by atoms with Crippen LogP contribution in [0.15, 0.2) is 41.0 Å². The Hall–Kier alpha value is -1.55. The van der Waals surface area contributed by atoms with Gasteiger partial charge in [-0.2, -0.15) is 0 Å². The van der Waals surface area contributed by atoms with Gasteiger partial charge in [0.2, 0.25) is 0 Å². The summed E-state index contributed by atoms with van der Waals surface area (Å²) in [5, 5.41) is 3.42. The fourth-order valence-electron chi connectivity index (χ4n) is 1.86. The van der Waals surface area contributed by atoms with Crippen LogP contribution in [-0.4, -0.2) is 19.1 Å². The third kappa shape index (κ3) is 3.70. The van der Waals surface area contributed by atoms with E-state index in [2.05, 4.69) is 56.3 Å². The maximum absolute atomic E-state index is 4.41. The second kappa shape index (κ2) is 6.06. The molecule has 0 fully saturated rings. The van der Waals surface area contributed by atoms with E-state index >= 15 is 0 Å². The van der Waals surface area contributed by atoms with Crippen LogP contribution < -0.4 is 10.2 Å². The van der Waals surface area contributed by atoms with Crippen LogP contribution in [-0.2, 0) is 6.54 Å². The SMILES string of the molecule is Cc1cc(N(C)C)ccc1NCc1cccc(Br)n1. The zero-order chi connectivity index (χ0) is 13.8. The monoisotopic (exact) mass is 319 g/mol. The van der Waals surface area contributed by atoms with Crippen molar-refractivity contribution in [1.82, 2.24) is 4.98 Å². The summed E-state index contributed by atoms with van der Waals surface area (Å²) in [6.45, 7) is 2.84. The van der Waals surface area contributed by atoms with Crippen molar-refractivity contribution in [2.24, 2.45) is 0 Å². The molecule has 0 saturated carbocycles. The minimum absolute atomic E-state index is 0.724. The molecule has 0 saturated heterocycles. The van der Waals surface area contributed by atoms with Crippen LogP contribution >= 0.6 is 15.9 Å². The quantitative estimate of drug-likeness (QED) is 0.868. The van der Waals surface area contributed by atoms with Crippen LogP contribution in [0.25, 0.3) is 0 Å². The van der Waals surface area contributed by atoms with Crippen LogP contribution in [0, 0.1) is 6.92 Å². The van der Waals surface area contributed by atoms with E-state index in [1.807, 2.05) is 32.3 Å². The number of nitrogens with zero attached hydrogens (tertiary/aromatic N) is 2. The molecule has 100 valence electrons. The number of anilines is 2. The normalized spacial score (nSPS) is 10.3. The smallest absolute Gasteiger partial charge is 0.106 e. The first-order valence-corrected chi connectivity index (χ1v) is 6.99. The Labute approximate surface area is 122 Å². The molecule has 2 rings (SSSR count). The molecule has 0 aliphatic carbocycles. The van der Waals surface area contributed by atoms with Gasteiger partial charge in [-0.05, 0) is 58.7 Å². The summed E-state index contributed by atoms with van der Waals surface area (Å²) < 4.78 is 0.867.